The maximum absolute atomic E-state index is 2.49. The molecule has 2 heteroatoms. The third-order valence-electron chi connectivity index (χ3n) is 11.2. The standard InChI is InChI=1S/C52H48P2/c1-33-17-13-18-34(2)49(33)53(50-35(3)19-14-20-36(50)4)45-31-29-41-25-9-11-27-43(41)47(45)48-44-28-12-10-26-42(44)30-32-46(48)54(51-37(5)21-15-22-38(51)6)52-39(7)23-16-24-40(52)8/h9-32H,1-8H3. The molecule has 8 aromatic carbocycles. The molecule has 8 aromatic rings. The smallest absolute Gasteiger partial charge is 0.000883 e. The van der Waals surface area contributed by atoms with Crippen molar-refractivity contribution in [2.45, 2.75) is 55.4 Å². The van der Waals surface area contributed by atoms with Gasteiger partial charge in [0.2, 0.25) is 0 Å². The lowest BCUT2D eigenvalue weighted by Gasteiger charge is -2.32. The molecule has 0 unspecified atom stereocenters. The van der Waals surface area contributed by atoms with Crippen LogP contribution in [0.15, 0.2) is 146 Å². The van der Waals surface area contributed by atoms with Crippen molar-refractivity contribution in [2.24, 2.45) is 0 Å². The molecule has 54 heavy (non-hydrogen) atoms. The molecule has 8 rings (SSSR count). The second-order valence-electron chi connectivity index (χ2n) is 15.0. The van der Waals surface area contributed by atoms with Crippen molar-refractivity contribution in [1.29, 1.82) is 0 Å². The lowest BCUT2D eigenvalue weighted by Crippen LogP contribution is -2.31. The van der Waals surface area contributed by atoms with E-state index in [2.05, 4.69) is 201 Å². The summed E-state index contributed by atoms with van der Waals surface area (Å²) in [5, 5.41) is 13.9. The first-order valence-corrected chi connectivity index (χ1v) is 21.7. The van der Waals surface area contributed by atoms with E-state index >= 15 is 0 Å². The molecule has 0 saturated carbocycles. The molecule has 0 spiro atoms. The van der Waals surface area contributed by atoms with Crippen molar-refractivity contribution in [3.05, 3.63) is 190 Å². The summed E-state index contributed by atoms with van der Waals surface area (Å²) in [6.45, 7) is 18.5. The minimum absolute atomic E-state index is 0.960. The Kier molecular flexibility index (Phi) is 9.87. The number of hydrogen-bond donors (Lipinski definition) is 0. The Morgan fingerprint density at radius 2 is 0.519 bits per heavy atom. The molecule has 266 valence electrons. The number of aryl methyl sites for hydroxylation is 8. The van der Waals surface area contributed by atoms with Crippen molar-refractivity contribution in [1.82, 2.24) is 0 Å². The first-order chi connectivity index (χ1) is 26.2. The van der Waals surface area contributed by atoms with Gasteiger partial charge in [0.1, 0.15) is 0 Å². The Morgan fingerprint density at radius 1 is 0.259 bits per heavy atom. The lowest BCUT2D eigenvalue weighted by molar-refractivity contribution is 1.42. The summed E-state index contributed by atoms with van der Waals surface area (Å²) in [6.07, 6.45) is 0. The second-order valence-corrected chi connectivity index (χ2v) is 19.1. The Hall–Kier alpha value is -4.86. The SMILES string of the molecule is Cc1cccc(C)c1P(c1ccc2ccccc2c1-c1c(P(c2c(C)cccc2C)c2c(C)cccc2C)ccc2ccccc12)c1c(C)cccc1C. The molecular formula is C52H48P2. The van der Waals surface area contributed by atoms with Gasteiger partial charge in [-0.2, -0.15) is 0 Å². The monoisotopic (exact) mass is 734 g/mol. The van der Waals surface area contributed by atoms with Crippen LogP contribution in [-0.2, 0) is 0 Å². The second kappa shape index (κ2) is 14.8. The van der Waals surface area contributed by atoms with Crippen molar-refractivity contribution in [2.75, 3.05) is 0 Å². The molecule has 0 fully saturated rings. The normalized spacial score (nSPS) is 11.7. The fraction of sp³-hybridized carbons (Fsp3) is 0.154. The zero-order valence-electron chi connectivity index (χ0n) is 32.8. The average Bonchev–Trinajstić information content (AvgIpc) is 3.15. The van der Waals surface area contributed by atoms with E-state index in [0.29, 0.717) is 0 Å². The molecule has 0 aliphatic heterocycles. The fourth-order valence-corrected chi connectivity index (χ4v) is 14.9. The van der Waals surface area contributed by atoms with Gasteiger partial charge in [-0.1, -0.05) is 146 Å². The third-order valence-corrected chi connectivity index (χ3v) is 17.5. The molecule has 0 saturated heterocycles. The van der Waals surface area contributed by atoms with E-state index in [-0.39, 0.29) is 0 Å². The van der Waals surface area contributed by atoms with E-state index in [9.17, 15) is 0 Å². The number of rotatable bonds is 7. The molecule has 0 aromatic heterocycles. The highest BCUT2D eigenvalue weighted by Gasteiger charge is 2.32. The van der Waals surface area contributed by atoms with Gasteiger partial charge in [-0.15, -0.1) is 0 Å². The Bertz CT molecular complexity index is 2340. The fourth-order valence-electron chi connectivity index (χ4n) is 8.76. The number of fused-ring (bicyclic) bond motifs is 2. The van der Waals surface area contributed by atoms with Crippen LogP contribution in [0.25, 0.3) is 32.7 Å². The van der Waals surface area contributed by atoms with Gasteiger partial charge < -0.3 is 0 Å². The molecule has 0 atom stereocenters. The molecule has 0 heterocycles. The average molecular weight is 735 g/mol. The summed E-state index contributed by atoms with van der Waals surface area (Å²) in [5.41, 5.74) is 13.6. The minimum Gasteiger partial charge on any atom is -0.0617 e. The first kappa shape index (κ1) is 36.1. The Labute approximate surface area is 324 Å². The zero-order chi connectivity index (χ0) is 37.7. The lowest BCUT2D eigenvalue weighted by atomic mass is 9.93. The van der Waals surface area contributed by atoms with Gasteiger partial charge in [-0.05, 0) is 180 Å². The molecule has 0 amide bonds. The molecule has 0 radical (unpaired) electrons. The highest BCUT2D eigenvalue weighted by Crippen LogP contribution is 2.48. The van der Waals surface area contributed by atoms with Crippen LogP contribution in [-0.4, -0.2) is 0 Å². The van der Waals surface area contributed by atoms with Crippen LogP contribution in [0.5, 0.6) is 0 Å². The topological polar surface area (TPSA) is 0 Å². The van der Waals surface area contributed by atoms with E-state index in [4.69, 9.17) is 0 Å². The van der Waals surface area contributed by atoms with Gasteiger partial charge in [0.15, 0.2) is 0 Å². The van der Waals surface area contributed by atoms with Gasteiger partial charge in [0.25, 0.3) is 0 Å². The van der Waals surface area contributed by atoms with Crippen molar-refractivity contribution in [3.63, 3.8) is 0 Å². The predicted octanol–water partition coefficient (Wildman–Crippen LogP) is 11.6. The maximum Gasteiger partial charge on any atom is -0.000883 e. The summed E-state index contributed by atoms with van der Waals surface area (Å²) < 4.78 is 0. The van der Waals surface area contributed by atoms with Crippen LogP contribution in [0.2, 0.25) is 0 Å². The van der Waals surface area contributed by atoms with Crippen LogP contribution in [0.4, 0.5) is 0 Å². The molecule has 0 aliphatic carbocycles. The maximum atomic E-state index is 2.49. The largest absolute Gasteiger partial charge is 0.0617 e. The molecular weight excluding hydrogens is 687 g/mol. The number of benzene rings is 8. The van der Waals surface area contributed by atoms with E-state index in [0.717, 1.165) is 0 Å². The molecule has 0 bridgehead atoms. The van der Waals surface area contributed by atoms with Gasteiger partial charge >= 0.3 is 0 Å². The van der Waals surface area contributed by atoms with E-state index in [1.54, 1.807) is 0 Å². The van der Waals surface area contributed by atoms with Gasteiger partial charge in [0.05, 0.1) is 0 Å². The molecule has 0 aliphatic rings. The first-order valence-electron chi connectivity index (χ1n) is 19.0. The Balaban J connectivity index is 1.61. The highest BCUT2D eigenvalue weighted by atomic mass is 31.1. The van der Waals surface area contributed by atoms with Crippen molar-refractivity contribution < 1.29 is 0 Å². The van der Waals surface area contributed by atoms with Crippen LogP contribution in [0.1, 0.15) is 44.5 Å². The predicted molar refractivity (Wildman–Crippen MR) is 242 cm³/mol. The van der Waals surface area contributed by atoms with Crippen LogP contribution in [0, 0.1) is 55.4 Å². The summed E-state index contributed by atoms with van der Waals surface area (Å²) in [6, 6.07) is 55.4. The number of hydrogen-bond acceptors (Lipinski definition) is 0. The van der Waals surface area contributed by atoms with Gasteiger partial charge in [-0.25, -0.2) is 0 Å². The zero-order valence-corrected chi connectivity index (χ0v) is 34.5. The van der Waals surface area contributed by atoms with E-state index < -0.39 is 15.8 Å². The summed E-state index contributed by atoms with van der Waals surface area (Å²) in [5.74, 6) is 0. The molecule has 0 nitrogen and oxygen atoms in total. The summed E-state index contributed by atoms with van der Waals surface area (Å²) in [7, 11) is -1.92. The van der Waals surface area contributed by atoms with E-state index in [1.165, 1.54) is 109 Å². The van der Waals surface area contributed by atoms with Gasteiger partial charge in [-0.3, -0.25) is 0 Å². The van der Waals surface area contributed by atoms with Crippen LogP contribution in [0.3, 0.4) is 0 Å². The van der Waals surface area contributed by atoms with Crippen LogP contribution < -0.4 is 31.8 Å². The van der Waals surface area contributed by atoms with E-state index in [1.807, 2.05) is 0 Å². The minimum atomic E-state index is -0.960. The van der Waals surface area contributed by atoms with Crippen molar-refractivity contribution >= 4 is 69.2 Å². The van der Waals surface area contributed by atoms with Gasteiger partial charge in [0, 0.05) is 0 Å². The third kappa shape index (κ3) is 6.21. The Morgan fingerprint density at radius 3 is 0.796 bits per heavy atom. The van der Waals surface area contributed by atoms with Crippen molar-refractivity contribution in [3.8, 4) is 11.1 Å². The summed E-state index contributed by atoms with van der Waals surface area (Å²) >= 11 is 0. The summed E-state index contributed by atoms with van der Waals surface area (Å²) in [4.78, 5) is 0. The molecule has 0 N–H and O–H groups in total. The van der Waals surface area contributed by atoms with Crippen LogP contribution >= 0.6 is 15.8 Å². The quantitative estimate of drug-likeness (QED) is 0.143. The highest BCUT2D eigenvalue weighted by molar-refractivity contribution is 7.81.